The molecule has 2 aliphatic heterocycles. The number of fused-ring (bicyclic) bond motifs is 4. The van der Waals surface area contributed by atoms with Gasteiger partial charge in [0.2, 0.25) is 0 Å². The van der Waals surface area contributed by atoms with E-state index >= 15 is 0 Å². The van der Waals surface area contributed by atoms with Crippen molar-refractivity contribution in [2.24, 2.45) is 0 Å². The van der Waals surface area contributed by atoms with Crippen LogP contribution in [0.2, 0.25) is 0 Å². The molecule has 0 amide bonds. The summed E-state index contributed by atoms with van der Waals surface area (Å²) in [6, 6.07) is 9.77. The van der Waals surface area contributed by atoms with Gasteiger partial charge in [-0.15, -0.1) is 0 Å². The normalized spacial score (nSPS) is 18.3. The molecule has 0 fully saturated rings. The van der Waals surface area contributed by atoms with E-state index in [-0.39, 0.29) is 5.97 Å². The first-order valence-electron chi connectivity index (χ1n) is 9.52. The van der Waals surface area contributed by atoms with E-state index in [1.54, 1.807) is 14.2 Å². The molecule has 7 heteroatoms. The molecule has 0 saturated heterocycles. The summed E-state index contributed by atoms with van der Waals surface area (Å²) >= 11 is 0. The second kappa shape index (κ2) is 6.70. The van der Waals surface area contributed by atoms with Crippen LogP contribution in [-0.4, -0.2) is 43.7 Å². The predicted octanol–water partition coefficient (Wildman–Crippen LogP) is 3.42. The number of hydrogen-bond acceptors (Lipinski definition) is 6. The second-order valence-corrected chi connectivity index (χ2v) is 7.24. The van der Waals surface area contributed by atoms with E-state index in [1.807, 2.05) is 24.3 Å². The summed E-state index contributed by atoms with van der Waals surface area (Å²) in [6.45, 7) is 1.45. The summed E-state index contributed by atoms with van der Waals surface area (Å²) in [5.74, 6) is 1.41. The third-order valence-electron chi connectivity index (χ3n) is 5.81. The number of ether oxygens (including phenoxy) is 4. The van der Waals surface area contributed by atoms with Crippen molar-refractivity contribution in [1.82, 2.24) is 9.88 Å². The van der Waals surface area contributed by atoms with E-state index in [1.165, 1.54) is 18.1 Å². The van der Waals surface area contributed by atoms with Gasteiger partial charge in [-0.25, -0.2) is 4.79 Å². The summed E-state index contributed by atoms with van der Waals surface area (Å²) in [5, 5.41) is 1.19. The first-order chi connectivity index (χ1) is 14.1. The Morgan fingerprint density at radius 1 is 1.10 bits per heavy atom. The van der Waals surface area contributed by atoms with Crippen molar-refractivity contribution in [2.45, 2.75) is 19.2 Å². The van der Waals surface area contributed by atoms with Gasteiger partial charge in [0.05, 0.1) is 21.3 Å². The molecule has 1 unspecified atom stereocenters. The van der Waals surface area contributed by atoms with Crippen LogP contribution in [0.25, 0.3) is 10.9 Å². The number of nitrogens with zero attached hydrogens (tertiary/aromatic N) is 1. The van der Waals surface area contributed by atoms with Gasteiger partial charge in [-0.1, -0.05) is 0 Å². The SMILES string of the molecule is COc1ccc2[nH]c3c(c2c1)CCN(C1OC(=O)c2c1ccc(OC)c2OC)C3. The molecule has 2 aliphatic rings. The molecule has 0 bridgehead atoms. The van der Waals surface area contributed by atoms with Gasteiger partial charge in [0.15, 0.2) is 17.7 Å². The zero-order valence-corrected chi connectivity index (χ0v) is 16.6. The lowest BCUT2D eigenvalue weighted by molar-refractivity contribution is -0.0295. The molecule has 5 rings (SSSR count). The maximum Gasteiger partial charge on any atom is 0.344 e. The number of rotatable bonds is 4. The minimum absolute atomic E-state index is 0.382. The van der Waals surface area contributed by atoms with Gasteiger partial charge in [0.1, 0.15) is 11.3 Å². The van der Waals surface area contributed by atoms with Crippen molar-refractivity contribution in [3.8, 4) is 17.2 Å². The molecule has 3 heterocycles. The molecule has 1 aromatic heterocycles. The van der Waals surface area contributed by atoms with Gasteiger partial charge in [0.25, 0.3) is 0 Å². The smallest absolute Gasteiger partial charge is 0.344 e. The third-order valence-corrected chi connectivity index (χ3v) is 5.81. The number of aromatic amines is 1. The quantitative estimate of drug-likeness (QED) is 0.684. The van der Waals surface area contributed by atoms with Gasteiger partial charge < -0.3 is 23.9 Å². The lowest BCUT2D eigenvalue weighted by Gasteiger charge is -2.31. The molecule has 150 valence electrons. The van der Waals surface area contributed by atoms with E-state index < -0.39 is 6.23 Å². The summed E-state index contributed by atoms with van der Waals surface area (Å²) in [5.41, 5.74) is 4.79. The number of methoxy groups -OCH3 is 3. The summed E-state index contributed by atoms with van der Waals surface area (Å²) in [4.78, 5) is 18.3. The van der Waals surface area contributed by atoms with Crippen molar-refractivity contribution in [3.63, 3.8) is 0 Å². The number of carbonyl (C=O) groups excluding carboxylic acids is 1. The Balaban J connectivity index is 1.50. The van der Waals surface area contributed by atoms with Crippen LogP contribution in [0, 0.1) is 0 Å². The van der Waals surface area contributed by atoms with E-state index in [2.05, 4.69) is 16.0 Å². The van der Waals surface area contributed by atoms with E-state index in [0.717, 1.165) is 35.5 Å². The van der Waals surface area contributed by atoms with Crippen LogP contribution in [0.3, 0.4) is 0 Å². The molecule has 29 heavy (non-hydrogen) atoms. The molecule has 2 aromatic carbocycles. The Hall–Kier alpha value is -3.19. The van der Waals surface area contributed by atoms with E-state index in [0.29, 0.717) is 23.6 Å². The molecule has 0 aliphatic carbocycles. The number of cyclic esters (lactones) is 1. The lowest BCUT2D eigenvalue weighted by atomic mass is 10.0. The molecule has 1 N–H and O–H groups in total. The highest BCUT2D eigenvalue weighted by Gasteiger charge is 2.40. The van der Waals surface area contributed by atoms with Gasteiger partial charge >= 0.3 is 5.97 Å². The van der Waals surface area contributed by atoms with E-state index in [9.17, 15) is 4.79 Å². The number of esters is 1. The average Bonchev–Trinajstić information content (AvgIpc) is 3.29. The Kier molecular flexibility index (Phi) is 4.13. The molecule has 7 nitrogen and oxygen atoms in total. The molecule has 0 radical (unpaired) electrons. The Labute approximate surface area is 168 Å². The van der Waals surface area contributed by atoms with Crippen LogP contribution in [0.5, 0.6) is 17.2 Å². The Bertz CT molecular complexity index is 1120. The van der Waals surface area contributed by atoms with Gasteiger partial charge in [-0.3, -0.25) is 4.90 Å². The Morgan fingerprint density at radius 2 is 1.97 bits per heavy atom. The second-order valence-electron chi connectivity index (χ2n) is 7.24. The minimum Gasteiger partial charge on any atom is -0.497 e. The van der Waals surface area contributed by atoms with Crippen LogP contribution in [0.1, 0.15) is 33.4 Å². The fourth-order valence-corrected chi connectivity index (χ4v) is 4.42. The number of hydrogen-bond donors (Lipinski definition) is 1. The van der Waals surface area contributed by atoms with Gasteiger partial charge in [-0.2, -0.15) is 0 Å². The summed E-state index contributed by atoms with van der Waals surface area (Å²) < 4.78 is 21.9. The summed E-state index contributed by atoms with van der Waals surface area (Å²) in [6.07, 6.45) is 0.422. The van der Waals surface area contributed by atoms with Crippen molar-refractivity contribution >= 4 is 16.9 Å². The largest absolute Gasteiger partial charge is 0.497 e. The van der Waals surface area contributed by atoms with Crippen LogP contribution in [0.4, 0.5) is 0 Å². The van der Waals surface area contributed by atoms with Crippen LogP contribution < -0.4 is 14.2 Å². The minimum atomic E-state index is -0.439. The summed E-state index contributed by atoms with van der Waals surface area (Å²) in [7, 11) is 4.76. The maximum absolute atomic E-state index is 12.6. The fraction of sp³-hybridized carbons (Fsp3) is 0.318. The highest BCUT2D eigenvalue weighted by molar-refractivity contribution is 5.98. The monoisotopic (exact) mass is 394 g/mol. The van der Waals surface area contributed by atoms with Gasteiger partial charge in [0, 0.05) is 35.2 Å². The maximum atomic E-state index is 12.6. The highest BCUT2D eigenvalue weighted by atomic mass is 16.6. The zero-order chi connectivity index (χ0) is 20.1. The number of benzene rings is 2. The first kappa shape index (κ1) is 17.9. The van der Waals surface area contributed by atoms with Crippen molar-refractivity contribution in [1.29, 1.82) is 0 Å². The zero-order valence-electron chi connectivity index (χ0n) is 16.6. The van der Waals surface area contributed by atoms with Crippen molar-refractivity contribution in [2.75, 3.05) is 27.9 Å². The predicted molar refractivity (Wildman–Crippen MR) is 107 cm³/mol. The van der Waals surface area contributed by atoms with Gasteiger partial charge in [-0.05, 0) is 42.3 Å². The Morgan fingerprint density at radius 3 is 2.72 bits per heavy atom. The first-order valence-corrected chi connectivity index (χ1v) is 9.52. The fourth-order valence-electron chi connectivity index (χ4n) is 4.42. The van der Waals surface area contributed by atoms with E-state index in [4.69, 9.17) is 18.9 Å². The van der Waals surface area contributed by atoms with Crippen LogP contribution in [0.15, 0.2) is 30.3 Å². The topological polar surface area (TPSA) is 73.0 Å². The standard InChI is InChI=1S/C22H22N2O5/c1-26-12-4-6-16-15(10-12)13-8-9-24(11-17(13)23-16)21-14-5-7-18(27-2)20(28-3)19(14)22(25)29-21/h4-7,10,21,23H,8-9,11H2,1-3H3. The molecular weight excluding hydrogens is 372 g/mol. The highest BCUT2D eigenvalue weighted by Crippen LogP contribution is 2.44. The molecule has 3 aromatic rings. The molecule has 0 spiro atoms. The lowest BCUT2D eigenvalue weighted by Crippen LogP contribution is -2.34. The molecular formula is C22H22N2O5. The van der Waals surface area contributed by atoms with Crippen molar-refractivity contribution in [3.05, 3.63) is 52.7 Å². The number of aromatic nitrogens is 1. The van der Waals surface area contributed by atoms with Crippen molar-refractivity contribution < 1.29 is 23.7 Å². The molecule has 1 atom stereocenters. The van der Waals surface area contributed by atoms with Crippen LogP contribution >= 0.6 is 0 Å². The number of nitrogens with one attached hydrogen (secondary N) is 1. The third kappa shape index (κ3) is 2.65. The number of H-pyrrole nitrogens is 1. The number of carbonyl (C=O) groups is 1. The van der Waals surface area contributed by atoms with Crippen LogP contribution in [-0.2, 0) is 17.7 Å². The average molecular weight is 394 g/mol. The molecule has 0 saturated carbocycles.